The largest absolute Gasteiger partial charge is 0.493 e. The van der Waals surface area contributed by atoms with Crippen LogP contribution in [0, 0.1) is 22.0 Å². The number of nitrogens with one attached hydrogen (secondary N) is 1. The van der Waals surface area contributed by atoms with E-state index in [1.165, 1.54) is 18.2 Å². The van der Waals surface area contributed by atoms with Gasteiger partial charge in [0.15, 0.2) is 0 Å². The number of hydrogen-bond donors (Lipinski definition) is 1. The van der Waals surface area contributed by atoms with Gasteiger partial charge in [0.1, 0.15) is 12.4 Å². The van der Waals surface area contributed by atoms with Crippen LogP contribution < -0.4 is 10.1 Å². The van der Waals surface area contributed by atoms with Crippen molar-refractivity contribution in [2.75, 3.05) is 13.2 Å². The highest BCUT2D eigenvalue weighted by Gasteiger charge is 2.10. The van der Waals surface area contributed by atoms with E-state index in [4.69, 9.17) is 9.47 Å². The van der Waals surface area contributed by atoms with Crippen LogP contribution in [0.1, 0.15) is 18.1 Å². The van der Waals surface area contributed by atoms with Crippen molar-refractivity contribution >= 4 is 11.8 Å². The summed E-state index contributed by atoms with van der Waals surface area (Å²) < 4.78 is 10.5. The van der Waals surface area contributed by atoms with E-state index in [0.717, 1.165) is 5.56 Å². The molecule has 0 atom stereocenters. The molecule has 0 saturated carbocycles. The Kier molecular flexibility index (Phi) is 7.01. The van der Waals surface area contributed by atoms with Crippen molar-refractivity contribution in [1.82, 2.24) is 5.32 Å². The molecule has 0 unspecified atom stereocenters. The Morgan fingerprint density at radius 1 is 1.23 bits per heavy atom. The van der Waals surface area contributed by atoms with Crippen LogP contribution in [0.5, 0.6) is 5.75 Å². The van der Waals surface area contributed by atoms with Gasteiger partial charge < -0.3 is 14.8 Å². The van der Waals surface area contributed by atoms with E-state index >= 15 is 0 Å². The predicted octanol–water partition coefficient (Wildman–Crippen LogP) is 3.27. The first kappa shape index (κ1) is 18.8. The third-order valence-electron chi connectivity index (χ3n) is 3.23. The number of nitro benzene ring substituents is 1. The lowest BCUT2D eigenvalue weighted by Crippen LogP contribution is -2.24. The fraction of sp³-hybridized carbons (Fsp3) is 0.211. The van der Waals surface area contributed by atoms with Crippen molar-refractivity contribution in [3.05, 3.63) is 69.8 Å². The zero-order chi connectivity index (χ0) is 18.8. The molecule has 0 aliphatic heterocycles. The van der Waals surface area contributed by atoms with Crippen LogP contribution in [-0.4, -0.2) is 24.2 Å². The number of carbonyl (C=O) groups is 1. The Balaban J connectivity index is 1.91. The van der Waals surface area contributed by atoms with Gasteiger partial charge in [0, 0.05) is 12.1 Å². The Morgan fingerprint density at radius 3 is 2.69 bits per heavy atom. The molecule has 134 valence electrons. The molecular formula is C19H18N2O5. The van der Waals surface area contributed by atoms with Crippen LogP contribution in [0.15, 0.2) is 48.5 Å². The molecule has 26 heavy (non-hydrogen) atoms. The summed E-state index contributed by atoms with van der Waals surface area (Å²) in [6.45, 7) is 2.43. The molecule has 2 aromatic carbocycles. The normalized spacial score (nSPS) is 9.58. The molecule has 0 spiro atoms. The van der Waals surface area contributed by atoms with Gasteiger partial charge in [-0.05, 0) is 18.6 Å². The second-order valence-electron chi connectivity index (χ2n) is 5.09. The van der Waals surface area contributed by atoms with E-state index in [9.17, 15) is 14.9 Å². The Labute approximate surface area is 151 Å². The molecule has 7 heteroatoms. The molecule has 0 bridgehead atoms. The first-order valence-corrected chi connectivity index (χ1v) is 7.94. The minimum Gasteiger partial charge on any atom is -0.493 e. The summed E-state index contributed by atoms with van der Waals surface area (Å²) in [6, 6.07) is 13.5. The monoisotopic (exact) mass is 354 g/mol. The van der Waals surface area contributed by atoms with E-state index in [1.54, 1.807) is 0 Å². The molecule has 0 fully saturated rings. The van der Waals surface area contributed by atoms with Gasteiger partial charge in [0.25, 0.3) is 5.69 Å². The molecule has 2 aromatic rings. The molecule has 0 aliphatic carbocycles. The number of amides is 1. The Hall–Kier alpha value is -3.53. The minimum atomic E-state index is -0.591. The second kappa shape index (κ2) is 9.69. The lowest BCUT2D eigenvalue weighted by atomic mass is 10.2. The quantitative estimate of drug-likeness (QED) is 0.488. The maximum absolute atomic E-state index is 11.6. The summed E-state index contributed by atoms with van der Waals surface area (Å²) in [6.07, 6.45) is -0.591. The van der Waals surface area contributed by atoms with Gasteiger partial charge in [-0.2, -0.15) is 0 Å². The molecule has 1 N–H and O–H groups in total. The van der Waals surface area contributed by atoms with Crippen LogP contribution in [0.3, 0.4) is 0 Å². The van der Waals surface area contributed by atoms with E-state index in [2.05, 4.69) is 17.2 Å². The smallest absolute Gasteiger partial charge is 0.408 e. The molecule has 1 amide bonds. The number of alkyl carbamates (subject to hydrolysis) is 1. The van der Waals surface area contributed by atoms with E-state index in [0.29, 0.717) is 17.9 Å². The number of nitro groups is 1. The number of non-ortho nitro benzene ring substituents is 1. The molecule has 2 rings (SSSR count). The molecular weight excluding hydrogens is 336 g/mol. The summed E-state index contributed by atoms with van der Waals surface area (Å²) in [5.74, 6) is 5.96. The molecule has 0 saturated heterocycles. The molecule has 0 radical (unpaired) electrons. The highest BCUT2D eigenvalue weighted by molar-refractivity contribution is 5.67. The van der Waals surface area contributed by atoms with Gasteiger partial charge in [-0.3, -0.25) is 10.1 Å². The molecule has 0 aromatic heterocycles. The van der Waals surface area contributed by atoms with Crippen molar-refractivity contribution in [3.8, 4) is 17.6 Å². The topological polar surface area (TPSA) is 90.7 Å². The third-order valence-corrected chi connectivity index (χ3v) is 3.23. The Morgan fingerprint density at radius 2 is 2.00 bits per heavy atom. The van der Waals surface area contributed by atoms with E-state index in [1.807, 2.05) is 37.3 Å². The lowest BCUT2D eigenvalue weighted by Gasteiger charge is -2.05. The maximum Gasteiger partial charge on any atom is 0.408 e. The van der Waals surface area contributed by atoms with E-state index < -0.39 is 11.0 Å². The standard InChI is InChI=1S/C19H18N2O5/c1-2-25-18-11-10-17(21(23)24)13-16(18)9-6-12-20-19(22)26-14-15-7-4-3-5-8-15/h3-5,7-8,10-11,13H,2,12,14H2,1H3,(H,20,22). The number of rotatable bonds is 6. The summed E-state index contributed by atoms with van der Waals surface area (Å²) in [4.78, 5) is 22.0. The number of carbonyl (C=O) groups excluding carboxylic acids is 1. The van der Waals surface area contributed by atoms with Gasteiger partial charge in [0.2, 0.25) is 0 Å². The van der Waals surface area contributed by atoms with Crippen LogP contribution in [0.4, 0.5) is 10.5 Å². The van der Waals surface area contributed by atoms with Crippen molar-refractivity contribution in [1.29, 1.82) is 0 Å². The Bertz CT molecular complexity index is 825. The van der Waals surface area contributed by atoms with E-state index in [-0.39, 0.29) is 18.8 Å². The van der Waals surface area contributed by atoms with Gasteiger partial charge >= 0.3 is 6.09 Å². The fourth-order valence-corrected chi connectivity index (χ4v) is 2.04. The number of hydrogen-bond acceptors (Lipinski definition) is 5. The second-order valence-corrected chi connectivity index (χ2v) is 5.09. The number of ether oxygens (including phenoxy) is 2. The van der Waals surface area contributed by atoms with Crippen molar-refractivity contribution in [2.45, 2.75) is 13.5 Å². The average molecular weight is 354 g/mol. The maximum atomic E-state index is 11.6. The predicted molar refractivity (Wildman–Crippen MR) is 95.8 cm³/mol. The average Bonchev–Trinajstić information content (AvgIpc) is 2.65. The zero-order valence-electron chi connectivity index (χ0n) is 14.2. The first-order chi connectivity index (χ1) is 12.6. The minimum absolute atomic E-state index is 0.0435. The summed E-state index contributed by atoms with van der Waals surface area (Å²) in [7, 11) is 0. The van der Waals surface area contributed by atoms with Gasteiger partial charge in [-0.15, -0.1) is 0 Å². The summed E-state index contributed by atoms with van der Waals surface area (Å²) >= 11 is 0. The molecule has 0 heterocycles. The summed E-state index contributed by atoms with van der Waals surface area (Å²) in [5, 5.41) is 13.4. The number of nitrogens with zero attached hydrogens (tertiary/aromatic N) is 1. The van der Waals surface area contributed by atoms with Gasteiger partial charge in [-0.25, -0.2) is 4.79 Å². The van der Waals surface area contributed by atoms with Crippen LogP contribution >= 0.6 is 0 Å². The molecule has 0 aliphatic rings. The summed E-state index contributed by atoms with van der Waals surface area (Å²) in [5.41, 5.74) is 1.19. The lowest BCUT2D eigenvalue weighted by molar-refractivity contribution is -0.384. The van der Waals surface area contributed by atoms with Crippen molar-refractivity contribution in [2.24, 2.45) is 0 Å². The highest BCUT2D eigenvalue weighted by Crippen LogP contribution is 2.23. The van der Waals surface area contributed by atoms with Gasteiger partial charge in [-0.1, -0.05) is 42.2 Å². The van der Waals surface area contributed by atoms with Gasteiger partial charge in [0.05, 0.1) is 23.6 Å². The SMILES string of the molecule is CCOc1ccc([N+](=O)[O-])cc1C#CCNC(=O)OCc1ccccc1. The fourth-order valence-electron chi connectivity index (χ4n) is 2.04. The zero-order valence-corrected chi connectivity index (χ0v) is 14.2. The van der Waals surface area contributed by atoms with Crippen LogP contribution in [-0.2, 0) is 11.3 Å². The number of benzene rings is 2. The van der Waals surface area contributed by atoms with Crippen LogP contribution in [0.2, 0.25) is 0 Å². The van der Waals surface area contributed by atoms with Crippen LogP contribution in [0.25, 0.3) is 0 Å². The highest BCUT2D eigenvalue weighted by atomic mass is 16.6. The third kappa shape index (κ3) is 5.83. The van der Waals surface area contributed by atoms with Crippen molar-refractivity contribution < 1.29 is 19.2 Å². The van der Waals surface area contributed by atoms with Crippen molar-refractivity contribution in [3.63, 3.8) is 0 Å². The first-order valence-electron chi connectivity index (χ1n) is 7.94. The molecule has 7 nitrogen and oxygen atoms in total.